The van der Waals surface area contributed by atoms with Crippen LogP contribution in [0.15, 0.2) is 31.0 Å². The number of nitrogens with two attached hydrogens (primary N) is 1. The smallest absolute Gasteiger partial charge is 0.251 e. The fraction of sp³-hybridized carbons (Fsp3) is 0.214. The van der Waals surface area contributed by atoms with Crippen molar-refractivity contribution in [2.45, 2.75) is 19.9 Å². The standard InChI is InChI=1S/C14H14N6O/c1-8(2)20-6-9(4-18-20)11-3-10(14(15)21)13-12(19-11)5-16-7-17-13/h3-8H,1-2H3,(H2,15,21). The average Bonchev–Trinajstić information content (AvgIpc) is 2.96. The van der Waals surface area contributed by atoms with Gasteiger partial charge in [-0.1, -0.05) is 0 Å². The van der Waals surface area contributed by atoms with Crippen molar-refractivity contribution >= 4 is 16.9 Å². The molecule has 3 aromatic rings. The molecule has 3 aromatic heterocycles. The van der Waals surface area contributed by atoms with Crippen molar-refractivity contribution in [1.29, 1.82) is 0 Å². The van der Waals surface area contributed by atoms with Crippen molar-refractivity contribution < 1.29 is 4.79 Å². The Balaban J connectivity index is 2.20. The Morgan fingerprint density at radius 2 is 2.14 bits per heavy atom. The van der Waals surface area contributed by atoms with Crippen LogP contribution in [-0.4, -0.2) is 30.6 Å². The van der Waals surface area contributed by atoms with Crippen LogP contribution in [0.25, 0.3) is 22.3 Å². The van der Waals surface area contributed by atoms with Gasteiger partial charge in [-0.25, -0.2) is 15.0 Å². The summed E-state index contributed by atoms with van der Waals surface area (Å²) in [7, 11) is 0. The summed E-state index contributed by atoms with van der Waals surface area (Å²) in [6, 6.07) is 1.89. The number of carbonyl (C=O) groups excluding carboxylic acids is 1. The van der Waals surface area contributed by atoms with Crippen molar-refractivity contribution in [1.82, 2.24) is 24.7 Å². The Hall–Kier alpha value is -2.83. The van der Waals surface area contributed by atoms with Crippen molar-refractivity contribution in [2.24, 2.45) is 5.73 Å². The van der Waals surface area contributed by atoms with Gasteiger partial charge in [0.1, 0.15) is 17.4 Å². The van der Waals surface area contributed by atoms with Gasteiger partial charge in [0.2, 0.25) is 0 Å². The van der Waals surface area contributed by atoms with Crippen LogP contribution in [0, 0.1) is 0 Å². The summed E-state index contributed by atoms with van der Waals surface area (Å²) >= 11 is 0. The number of fused-ring (bicyclic) bond motifs is 1. The second-order valence-corrected chi connectivity index (χ2v) is 4.98. The second-order valence-electron chi connectivity index (χ2n) is 4.98. The molecule has 0 aliphatic rings. The van der Waals surface area contributed by atoms with E-state index in [0.29, 0.717) is 22.3 Å². The molecule has 0 saturated heterocycles. The highest BCUT2D eigenvalue weighted by molar-refractivity contribution is 6.04. The molecule has 2 N–H and O–H groups in total. The molecule has 0 unspecified atom stereocenters. The minimum atomic E-state index is -0.543. The molecule has 0 saturated carbocycles. The summed E-state index contributed by atoms with van der Waals surface area (Å²) in [6.45, 7) is 4.07. The molecule has 0 fully saturated rings. The van der Waals surface area contributed by atoms with Gasteiger partial charge in [0.05, 0.1) is 23.7 Å². The largest absolute Gasteiger partial charge is 0.366 e. The maximum absolute atomic E-state index is 11.6. The summed E-state index contributed by atoms with van der Waals surface area (Å²) in [4.78, 5) is 24.1. The van der Waals surface area contributed by atoms with E-state index < -0.39 is 5.91 Å². The first-order chi connectivity index (χ1) is 10.1. The molecule has 0 radical (unpaired) electrons. The van der Waals surface area contributed by atoms with Crippen molar-refractivity contribution in [3.05, 3.63) is 36.5 Å². The van der Waals surface area contributed by atoms with Crippen LogP contribution < -0.4 is 5.73 Å². The van der Waals surface area contributed by atoms with E-state index in [4.69, 9.17) is 5.73 Å². The van der Waals surface area contributed by atoms with E-state index in [9.17, 15) is 4.79 Å². The lowest BCUT2D eigenvalue weighted by molar-refractivity contribution is 0.100. The Morgan fingerprint density at radius 1 is 1.33 bits per heavy atom. The number of rotatable bonds is 3. The van der Waals surface area contributed by atoms with Crippen LogP contribution in [0.3, 0.4) is 0 Å². The fourth-order valence-corrected chi connectivity index (χ4v) is 2.07. The highest BCUT2D eigenvalue weighted by Gasteiger charge is 2.14. The quantitative estimate of drug-likeness (QED) is 0.786. The van der Waals surface area contributed by atoms with Crippen molar-refractivity contribution in [3.63, 3.8) is 0 Å². The van der Waals surface area contributed by atoms with Gasteiger partial charge in [-0.2, -0.15) is 5.10 Å². The topological polar surface area (TPSA) is 99.6 Å². The second kappa shape index (κ2) is 4.93. The molecule has 1 amide bonds. The van der Waals surface area contributed by atoms with E-state index >= 15 is 0 Å². The predicted octanol–water partition coefficient (Wildman–Crippen LogP) is 1.57. The maximum atomic E-state index is 11.6. The zero-order chi connectivity index (χ0) is 15.0. The van der Waals surface area contributed by atoms with Gasteiger partial charge in [0.15, 0.2) is 0 Å². The number of amides is 1. The number of hydrogen-bond acceptors (Lipinski definition) is 5. The lowest BCUT2D eigenvalue weighted by Crippen LogP contribution is -2.13. The molecule has 7 nitrogen and oxygen atoms in total. The molecule has 0 spiro atoms. The van der Waals surface area contributed by atoms with Gasteiger partial charge >= 0.3 is 0 Å². The predicted molar refractivity (Wildman–Crippen MR) is 77.5 cm³/mol. The van der Waals surface area contributed by atoms with E-state index in [-0.39, 0.29) is 6.04 Å². The van der Waals surface area contributed by atoms with Gasteiger partial charge in [-0.15, -0.1) is 0 Å². The number of nitrogens with zero attached hydrogens (tertiary/aromatic N) is 5. The molecule has 21 heavy (non-hydrogen) atoms. The van der Waals surface area contributed by atoms with E-state index in [0.717, 1.165) is 5.56 Å². The van der Waals surface area contributed by atoms with Gasteiger partial charge in [0.25, 0.3) is 5.91 Å². The molecule has 0 bridgehead atoms. The molecular weight excluding hydrogens is 268 g/mol. The first-order valence-electron chi connectivity index (χ1n) is 6.51. The summed E-state index contributed by atoms with van der Waals surface area (Å²) in [5.74, 6) is -0.543. The molecule has 3 rings (SSSR count). The third-order valence-electron chi connectivity index (χ3n) is 3.16. The van der Waals surface area contributed by atoms with Gasteiger partial charge in [0, 0.05) is 17.8 Å². The van der Waals surface area contributed by atoms with E-state index in [1.54, 1.807) is 18.5 Å². The summed E-state index contributed by atoms with van der Waals surface area (Å²) in [5, 5.41) is 4.28. The molecule has 106 valence electrons. The van der Waals surface area contributed by atoms with Crippen LogP contribution in [0.4, 0.5) is 0 Å². The lowest BCUT2D eigenvalue weighted by atomic mass is 10.1. The molecule has 0 aliphatic heterocycles. The van der Waals surface area contributed by atoms with E-state index in [1.165, 1.54) is 6.33 Å². The van der Waals surface area contributed by atoms with Crippen molar-refractivity contribution in [3.8, 4) is 11.3 Å². The molecule has 7 heteroatoms. The third kappa shape index (κ3) is 2.33. The number of aromatic nitrogens is 5. The van der Waals surface area contributed by atoms with Gasteiger partial charge in [-0.3, -0.25) is 9.48 Å². The average molecular weight is 282 g/mol. The normalized spacial score (nSPS) is 11.2. The Labute approximate surface area is 120 Å². The number of primary amides is 1. The minimum Gasteiger partial charge on any atom is -0.366 e. The molecule has 0 aliphatic carbocycles. The van der Waals surface area contributed by atoms with Crippen LogP contribution in [0.1, 0.15) is 30.2 Å². The SMILES string of the molecule is CC(C)n1cc(-c2cc(C(N)=O)c3ncncc3n2)cn1. The highest BCUT2D eigenvalue weighted by Crippen LogP contribution is 2.23. The minimum absolute atomic E-state index is 0.248. The zero-order valence-corrected chi connectivity index (χ0v) is 11.7. The molecule has 3 heterocycles. The molecule has 0 atom stereocenters. The zero-order valence-electron chi connectivity index (χ0n) is 11.7. The summed E-state index contributed by atoms with van der Waals surface area (Å²) < 4.78 is 1.83. The lowest BCUT2D eigenvalue weighted by Gasteiger charge is -2.05. The van der Waals surface area contributed by atoms with Crippen LogP contribution >= 0.6 is 0 Å². The Bertz CT molecular complexity index is 823. The molecular formula is C14H14N6O. The summed E-state index contributed by atoms with van der Waals surface area (Å²) in [6.07, 6.45) is 6.52. The van der Waals surface area contributed by atoms with Crippen LogP contribution in [0.5, 0.6) is 0 Å². The third-order valence-corrected chi connectivity index (χ3v) is 3.16. The summed E-state index contributed by atoms with van der Waals surface area (Å²) in [5.41, 5.74) is 8.19. The fourth-order valence-electron chi connectivity index (χ4n) is 2.07. The monoisotopic (exact) mass is 282 g/mol. The van der Waals surface area contributed by atoms with E-state index in [1.807, 2.05) is 24.7 Å². The number of pyridine rings is 1. The van der Waals surface area contributed by atoms with Crippen LogP contribution in [0.2, 0.25) is 0 Å². The van der Waals surface area contributed by atoms with Gasteiger partial charge < -0.3 is 5.73 Å². The van der Waals surface area contributed by atoms with Crippen LogP contribution in [-0.2, 0) is 0 Å². The highest BCUT2D eigenvalue weighted by atomic mass is 16.1. The number of hydrogen-bond donors (Lipinski definition) is 1. The molecule has 0 aromatic carbocycles. The first-order valence-corrected chi connectivity index (χ1v) is 6.51. The van der Waals surface area contributed by atoms with E-state index in [2.05, 4.69) is 20.1 Å². The Morgan fingerprint density at radius 3 is 2.81 bits per heavy atom. The van der Waals surface area contributed by atoms with Gasteiger partial charge in [-0.05, 0) is 19.9 Å². The maximum Gasteiger partial charge on any atom is 0.251 e. The first kappa shape index (κ1) is 13.2. The Kier molecular flexibility index (Phi) is 3.09. The number of carbonyl (C=O) groups is 1. The van der Waals surface area contributed by atoms with Crippen molar-refractivity contribution in [2.75, 3.05) is 0 Å².